The summed E-state index contributed by atoms with van der Waals surface area (Å²) < 4.78 is 10.3. The minimum absolute atomic E-state index is 0.625. The van der Waals surface area contributed by atoms with Gasteiger partial charge in [-0.1, -0.05) is 82.8 Å². The lowest BCUT2D eigenvalue weighted by molar-refractivity contribution is 0.399. The fourth-order valence-corrected chi connectivity index (χ4v) is 3.24. The second-order valence-electron chi connectivity index (χ2n) is 7.61. The van der Waals surface area contributed by atoms with Crippen LogP contribution in [0.1, 0.15) is 34.0 Å². The Kier molecular flexibility index (Phi) is 7.16. The predicted molar refractivity (Wildman–Crippen MR) is 134 cm³/mol. The first-order valence-electron chi connectivity index (χ1n) is 10.9. The number of benzene rings is 2. The molecule has 0 aliphatic carbocycles. The Labute approximate surface area is 204 Å². The van der Waals surface area contributed by atoms with E-state index in [0.717, 1.165) is 39.3 Å². The van der Waals surface area contributed by atoms with Crippen molar-refractivity contribution in [3.05, 3.63) is 107 Å². The van der Waals surface area contributed by atoms with Crippen molar-refractivity contribution in [3.63, 3.8) is 0 Å². The van der Waals surface area contributed by atoms with Gasteiger partial charge in [-0.05, 0) is 38.8 Å². The third-order valence-corrected chi connectivity index (χ3v) is 5.08. The normalized spacial score (nSPS) is 9.89. The molecule has 0 unspecified atom stereocenters. The molecule has 0 fully saturated rings. The molecule has 0 amide bonds. The van der Waals surface area contributed by atoms with E-state index in [9.17, 15) is 0 Å². The largest absolute Gasteiger partial charge is 0.360 e. The Morgan fingerprint density at radius 2 is 1.17 bits per heavy atom. The van der Waals surface area contributed by atoms with E-state index in [1.807, 2.05) is 93.6 Å². The van der Waals surface area contributed by atoms with Crippen LogP contribution in [0.2, 0.25) is 0 Å². The molecule has 170 valence electrons. The van der Waals surface area contributed by atoms with Gasteiger partial charge in [-0.15, -0.1) is 11.5 Å². The van der Waals surface area contributed by atoms with E-state index in [4.69, 9.17) is 15.5 Å². The van der Waals surface area contributed by atoms with Crippen molar-refractivity contribution in [2.45, 2.75) is 20.8 Å². The van der Waals surface area contributed by atoms with Crippen LogP contribution in [0.3, 0.4) is 0 Å². The Morgan fingerprint density at radius 1 is 0.629 bits per heavy atom. The molecular formula is C29H22N4O2. The molecule has 0 spiro atoms. The van der Waals surface area contributed by atoms with Crippen LogP contribution < -0.4 is 0 Å². The van der Waals surface area contributed by atoms with Gasteiger partial charge in [0.25, 0.3) is 0 Å². The number of terminal acetylenes is 1. The fourth-order valence-electron chi connectivity index (χ4n) is 3.24. The summed E-state index contributed by atoms with van der Waals surface area (Å²) in [5, 5.41) is 16.1. The number of aryl methyl sites for hydroxylation is 3. The van der Waals surface area contributed by atoms with Crippen LogP contribution in [0.25, 0.3) is 22.5 Å². The number of aromatic nitrogens is 4. The van der Waals surface area contributed by atoms with Gasteiger partial charge in [0.1, 0.15) is 28.6 Å². The highest BCUT2D eigenvalue weighted by Gasteiger charge is 2.13. The lowest BCUT2D eigenvalue weighted by atomic mass is 10.1. The average molecular weight is 459 g/mol. The van der Waals surface area contributed by atoms with Crippen molar-refractivity contribution in [2.24, 2.45) is 0 Å². The van der Waals surface area contributed by atoms with E-state index in [-0.39, 0.29) is 0 Å². The highest BCUT2D eigenvalue weighted by Crippen LogP contribution is 2.24. The molecule has 0 aliphatic rings. The number of hydrogen-bond acceptors (Lipinski definition) is 6. The van der Waals surface area contributed by atoms with Gasteiger partial charge in [0.2, 0.25) is 0 Å². The summed E-state index contributed by atoms with van der Waals surface area (Å²) in [5.74, 6) is 10.1. The van der Waals surface area contributed by atoms with Crippen molar-refractivity contribution >= 4 is 0 Å². The summed E-state index contributed by atoms with van der Waals surface area (Å²) in [6, 6.07) is 23.3. The van der Waals surface area contributed by atoms with Crippen LogP contribution in [-0.4, -0.2) is 20.5 Å². The molecule has 5 aromatic rings. The van der Waals surface area contributed by atoms with E-state index in [0.29, 0.717) is 17.2 Å². The zero-order valence-electron chi connectivity index (χ0n) is 19.6. The Hall–Kier alpha value is -4.94. The van der Waals surface area contributed by atoms with E-state index < -0.39 is 0 Å². The minimum atomic E-state index is 0.625. The van der Waals surface area contributed by atoms with Crippen LogP contribution in [0.4, 0.5) is 0 Å². The summed E-state index contributed by atoms with van der Waals surface area (Å²) in [7, 11) is 0. The van der Waals surface area contributed by atoms with Crippen LogP contribution in [0.5, 0.6) is 0 Å². The van der Waals surface area contributed by atoms with E-state index in [2.05, 4.69) is 38.3 Å². The first-order chi connectivity index (χ1) is 17.1. The van der Waals surface area contributed by atoms with E-state index in [1.54, 1.807) is 0 Å². The van der Waals surface area contributed by atoms with Gasteiger partial charge in [-0.2, -0.15) is 5.10 Å². The van der Waals surface area contributed by atoms with Gasteiger partial charge in [0.05, 0.1) is 16.8 Å². The highest BCUT2D eigenvalue weighted by molar-refractivity contribution is 5.68. The summed E-state index contributed by atoms with van der Waals surface area (Å²) in [6.45, 7) is 5.56. The molecule has 5 rings (SSSR count). The zero-order valence-corrected chi connectivity index (χ0v) is 19.6. The fraction of sp³-hybridized carbons (Fsp3) is 0.103. The number of rotatable bonds is 2. The Bertz CT molecular complexity index is 1520. The average Bonchev–Trinajstić information content (AvgIpc) is 3.46. The topological polar surface area (TPSA) is 77.8 Å². The molecule has 3 aromatic heterocycles. The molecule has 3 heterocycles. The van der Waals surface area contributed by atoms with Crippen LogP contribution >= 0.6 is 0 Å². The molecule has 6 heteroatoms. The molecule has 0 saturated heterocycles. The third kappa shape index (κ3) is 5.52. The Balaban J connectivity index is 0.000000179. The lowest BCUT2D eigenvalue weighted by Gasteiger charge is -1.95. The van der Waals surface area contributed by atoms with Gasteiger partial charge in [-0.25, -0.2) is 0 Å². The predicted octanol–water partition coefficient (Wildman–Crippen LogP) is 5.78. The zero-order chi connectivity index (χ0) is 24.6. The molecule has 0 atom stereocenters. The highest BCUT2D eigenvalue weighted by atomic mass is 16.5. The first-order valence-corrected chi connectivity index (χ1v) is 10.9. The SMILES string of the molecule is C#Cc1c(-c2ccccc2)noc1C.Cc1ccc(C#Cc2c(-c3ccccc3)noc2C)nn1. The Morgan fingerprint density at radius 3 is 1.69 bits per heavy atom. The van der Waals surface area contributed by atoms with Crippen molar-refractivity contribution in [1.29, 1.82) is 0 Å². The van der Waals surface area contributed by atoms with Crippen molar-refractivity contribution in [1.82, 2.24) is 20.5 Å². The van der Waals surface area contributed by atoms with Gasteiger partial charge < -0.3 is 9.05 Å². The van der Waals surface area contributed by atoms with Gasteiger partial charge in [0, 0.05) is 11.1 Å². The molecule has 6 nitrogen and oxygen atoms in total. The maximum atomic E-state index is 5.38. The molecule has 0 N–H and O–H groups in total. The maximum absolute atomic E-state index is 5.38. The third-order valence-electron chi connectivity index (χ3n) is 5.08. The van der Waals surface area contributed by atoms with E-state index >= 15 is 0 Å². The summed E-state index contributed by atoms with van der Waals surface area (Å²) in [4.78, 5) is 0. The van der Waals surface area contributed by atoms with Crippen molar-refractivity contribution in [2.75, 3.05) is 0 Å². The first kappa shape index (κ1) is 23.2. The molecule has 35 heavy (non-hydrogen) atoms. The summed E-state index contributed by atoms with van der Waals surface area (Å²) in [5.41, 5.74) is 6.46. The van der Waals surface area contributed by atoms with Gasteiger partial charge >= 0.3 is 0 Å². The van der Waals surface area contributed by atoms with Crippen LogP contribution in [0.15, 0.2) is 81.8 Å². The lowest BCUT2D eigenvalue weighted by Crippen LogP contribution is -1.89. The van der Waals surface area contributed by atoms with Crippen LogP contribution in [-0.2, 0) is 0 Å². The molecule has 0 aliphatic heterocycles. The molecule has 0 radical (unpaired) electrons. The van der Waals surface area contributed by atoms with Gasteiger partial charge in [0.15, 0.2) is 0 Å². The van der Waals surface area contributed by atoms with Crippen molar-refractivity contribution in [3.8, 4) is 46.7 Å². The quantitative estimate of drug-likeness (QED) is 0.312. The van der Waals surface area contributed by atoms with Crippen molar-refractivity contribution < 1.29 is 9.05 Å². The maximum Gasteiger partial charge on any atom is 0.149 e. The summed E-state index contributed by atoms with van der Waals surface area (Å²) >= 11 is 0. The molecule has 0 saturated carbocycles. The second-order valence-corrected chi connectivity index (χ2v) is 7.61. The monoisotopic (exact) mass is 458 g/mol. The molecule has 0 bridgehead atoms. The summed E-state index contributed by atoms with van der Waals surface area (Å²) in [6.07, 6.45) is 5.38. The number of nitrogens with zero attached hydrogens (tertiary/aromatic N) is 4. The smallest absolute Gasteiger partial charge is 0.149 e. The molecular weight excluding hydrogens is 436 g/mol. The number of hydrogen-bond donors (Lipinski definition) is 0. The van der Waals surface area contributed by atoms with Crippen LogP contribution in [0, 0.1) is 45.0 Å². The second kappa shape index (κ2) is 10.8. The minimum Gasteiger partial charge on any atom is -0.360 e. The molecule has 2 aromatic carbocycles. The van der Waals surface area contributed by atoms with Gasteiger partial charge in [-0.3, -0.25) is 0 Å². The standard InChI is InChI=1S/C17H13N3O.C12H9NO/c1-12-8-9-15(19-18-12)10-11-16-13(2)21-20-17(16)14-6-4-3-5-7-14;1-3-11-9(2)14-13-12(11)10-7-5-4-6-8-10/h3-9H,1-2H3;1,4-8H,2H3. The van der Waals surface area contributed by atoms with E-state index in [1.165, 1.54) is 0 Å².